The fourth-order valence-corrected chi connectivity index (χ4v) is 6.33. The number of hydrogen-bond acceptors (Lipinski definition) is 5. The van der Waals surface area contributed by atoms with Gasteiger partial charge in [-0.15, -0.1) is 0 Å². The highest BCUT2D eigenvalue weighted by Crippen LogP contribution is 2.32. The molecule has 36 heavy (non-hydrogen) atoms. The van der Waals surface area contributed by atoms with Crippen LogP contribution in [-0.4, -0.2) is 79.6 Å². The molecule has 1 aromatic carbocycles. The van der Waals surface area contributed by atoms with Crippen LogP contribution >= 0.6 is 0 Å². The van der Waals surface area contributed by atoms with Crippen LogP contribution in [0.25, 0.3) is 0 Å². The molecule has 2 unspecified atom stereocenters. The van der Waals surface area contributed by atoms with E-state index in [1.807, 2.05) is 13.8 Å². The Morgan fingerprint density at radius 1 is 1.17 bits per heavy atom. The lowest BCUT2D eigenvalue weighted by Crippen LogP contribution is -2.59. The van der Waals surface area contributed by atoms with Gasteiger partial charge in [0.25, 0.3) is 0 Å². The summed E-state index contributed by atoms with van der Waals surface area (Å²) in [7, 11) is 0. The maximum absolute atomic E-state index is 14.0. The summed E-state index contributed by atoms with van der Waals surface area (Å²) in [6, 6.07) is 6.98. The molecule has 2 saturated heterocycles. The lowest BCUT2D eigenvalue weighted by atomic mass is 9.80. The monoisotopic (exact) mass is 498 g/mol. The summed E-state index contributed by atoms with van der Waals surface area (Å²) in [6.45, 7) is 11.7. The van der Waals surface area contributed by atoms with Crippen molar-refractivity contribution in [1.29, 1.82) is 0 Å². The number of nitrogens with one attached hydrogen (secondary N) is 1. The van der Waals surface area contributed by atoms with Crippen LogP contribution in [-0.2, 0) is 33.6 Å². The molecule has 7 nitrogen and oxygen atoms in total. The highest BCUT2D eigenvalue weighted by Gasteiger charge is 2.40. The predicted molar refractivity (Wildman–Crippen MR) is 143 cm³/mol. The largest absolute Gasteiger partial charge is 0.378 e. The van der Waals surface area contributed by atoms with Crippen LogP contribution in [0.2, 0.25) is 0 Å². The molecular formula is C29H46N4O3. The number of aryl methyl sites for hydroxylation is 1. The summed E-state index contributed by atoms with van der Waals surface area (Å²) < 4.78 is 5.55. The van der Waals surface area contributed by atoms with Crippen LogP contribution in [0.5, 0.6) is 0 Å². The maximum atomic E-state index is 14.0. The van der Waals surface area contributed by atoms with Crippen molar-refractivity contribution in [2.75, 3.05) is 45.9 Å². The van der Waals surface area contributed by atoms with E-state index in [9.17, 15) is 9.59 Å². The smallest absolute Gasteiger partial charge is 0.240 e. The second-order valence-electron chi connectivity index (χ2n) is 11.6. The number of hydrogen-bond donors (Lipinski definition) is 2. The molecule has 2 heterocycles. The van der Waals surface area contributed by atoms with Gasteiger partial charge in [0.05, 0.1) is 19.3 Å². The molecular weight excluding hydrogens is 452 g/mol. The zero-order valence-electron chi connectivity index (χ0n) is 22.6. The molecule has 7 heteroatoms. The normalized spacial score (nSPS) is 22.3. The Bertz CT molecular complexity index is 906. The van der Waals surface area contributed by atoms with Crippen LogP contribution in [0.1, 0.15) is 63.1 Å². The molecule has 200 valence electrons. The van der Waals surface area contributed by atoms with Gasteiger partial charge in [-0.3, -0.25) is 14.5 Å². The molecule has 1 aliphatic carbocycles. The molecule has 3 aliphatic rings. The Morgan fingerprint density at radius 2 is 1.89 bits per heavy atom. The van der Waals surface area contributed by atoms with E-state index < -0.39 is 5.41 Å². The van der Waals surface area contributed by atoms with E-state index in [4.69, 9.17) is 10.5 Å². The van der Waals surface area contributed by atoms with Crippen molar-refractivity contribution >= 4 is 11.8 Å². The number of carbonyl (C=O) groups is 2. The van der Waals surface area contributed by atoms with Gasteiger partial charge in [0, 0.05) is 24.5 Å². The molecule has 3 N–H and O–H groups in total. The molecule has 0 spiro atoms. The van der Waals surface area contributed by atoms with Crippen molar-refractivity contribution in [3.05, 3.63) is 34.9 Å². The number of morpholine rings is 1. The van der Waals surface area contributed by atoms with E-state index in [-0.39, 0.29) is 11.9 Å². The Hall–Kier alpha value is -1.96. The van der Waals surface area contributed by atoms with Gasteiger partial charge in [-0.2, -0.15) is 0 Å². The summed E-state index contributed by atoms with van der Waals surface area (Å²) in [5.41, 5.74) is 9.02. The highest BCUT2D eigenvalue weighted by atomic mass is 16.5. The molecule has 1 aromatic rings. The fraction of sp³-hybridized carbons (Fsp3) is 0.724. The highest BCUT2D eigenvalue weighted by molar-refractivity contribution is 5.82. The number of benzene rings is 1. The first-order chi connectivity index (χ1) is 17.3. The summed E-state index contributed by atoms with van der Waals surface area (Å²) in [5.74, 6) is 0.428. The van der Waals surface area contributed by atoms with E-state index in [0.717, 1.165) is 58.2 Å². The summed E-state index contributed by atoms with van der Waals surface area (Å²) in [6.07, 6.45) is 6.85. The van der Waals surface area contributed by atoms with Crippen molar-refractivity contribution in [3.8, 4) is 0 Å². The molecule has 4 rings (SSSR count). The zero-order chi connectivity index (χ0) is 25.7. The standard InChI is InChI=1S/C29H46N4O3/c1-4-13-33(26(23-9-11-31-12-10-23)27(34)32-14-16-36-17-15-32)25-8-7-22-6-5-21(18-24(22)19-25)20-29(2,3)28(30)35/h5-6,18,23,25-26,31H,4,7-17,19-20H2,1-3H3,(H2,30,35). The van der Waals surface area contributed by atoms with Gasteiger partial charge in [0.15, 0.2) is 0 Å². The number of rotatable bonds is 9. The number of carbonyl (C=O) groups excluding carboxylic acids is 2. The topological polar surface area (TPSA) is 87.9 Å². The minimum absolute atomic E-state index is 0.0614. The first-order valence-corrected chi connectivity index (χ1v) is 14.0. The van der Waals surface area contributed by atoms with Crippen molar-refractivity contribution in [1.82, 2.24) is 15.1 Å². The maximum Gasteiger partial charge on any atom is 0.240 e. The Labute approximate surface area is 217 Å². The lowest BCUT2D eigenvalue weighted by molar-refractivity contribution is -0.145. The number of amides is 2. The summed E-state index contributed by atoms with van der Waals surface area (Å²) >= 11 is 0. The number of ether oxygens (including phenoxy) is 1. The molecule has 0 bridgehead atoms. The Kier molecular flexibility index (Phi) is 9.07. The first kappa shape index (κ1) is 27.1. The predicted octanol–water partition coefficient (Wildman–Crippen LogP) is 2.54. The molecule has 2 amide bonds. The van der Waals surface area contributed by atoms with Crippen LogP contribution in [0, 0.1) is 11.3 Å². The van der Waals surface area contributed by atoms with Gasteiger partial charge in [-0.1, -0.05) is 39.0 Å². The number of primary amides is 1. The van der Waals surface area contributed by atoms with E-state index in [2.05, 4.69) is 40.2 Å². The summed E-state index contributed by atoms with van der Waals surface area (Å²) in [5, 5.41) is 3.49. The average molecular weight is 499 g/mol. The first-order valence-electron chi connectivity index (χ1n) is 14.0. The third-order valence-corrected chi connectivity index (χ3v) is 8.50. The van der Waals surface area contributed by atoms with Gasteiger partial charge in [0.2, 0.25) is 11.8 Å². The molecule has 0 saturated carbocycles. The third-order valence-electron chi connectivity index (χ3n) is 8.50. The van der Waals surface area contributed by atoms with Gasteiger partial charge in [0.1, 0.15) is 0 Å². The summed E-state index contributed by atoms with van der Waals surface area (Å²) in [4.78, 5) is 30.6. The molecule has 2 fully saturated rings. The molecule has 2 aliphatic heterocycles. The Balaban J connectivity index is 1.58. The fourth-order valence-electron chi connectivity index (χ4n) is 6.33. The number of piperidine rings is 1. The quantitative estimate of drug-likeness (QED) is 0.546. The van der Waals surface area contributed by atoms with Crippen LogP contribution in [0.3, 0.4) is 0 Å². The van der Waals surface area contributed by atoms with Crippen molar-refractivity contribution in [2.24, 2.45) is 17.1 Å². The zero-order valence-corrected chi connectivity index (χ0v) is 22.6. The average Bonchev–Trinajstić information content (AvgIpc) is 2.88. The van der Waals surface area contributed by atoms with E-state index in [0.29, 0.717) is 50.6 Å². The minimum atomic E-state index is -0.568. The molecule has 0 radical (unpaired) electrons. The Morgan fingerprint density at radius 3 is 2.56 bits per heavy atom. The number of nitrogens with zero attached hydrogens (tertiary/aromatic N) is 2. The van der Waals surface area contributed by atoms with Crippen molar-refractivity contribution in [2.45, 2.75) is 77.8 Å². The van der Waals surface area contributed by atoms with Gasteiger partial charge < -0.3 is 20.7 Å². The van der Waals surface area contributed by atoms with Gasteiger partial charge in [-0.25, -0.2) is 0 Å². The van der Waals surface area contributed by atoms with Crippen molar-refractivity contribution < 1.29 is 14.3 Å². The van der Waals surface area contributed by atoms with Crippen LogP contribution in [0.4, 0.5) is 0 Å². The molecule has 0 aromatic heterocycles. The lowest BCUT2D eigenvalue weighted by Gasteiger charge is -2.45. The van der Waals surface area contributed by atoms with E-state index in [1.165, 1.54) is 16.7 Å². The third kappa shape index (κ3) is 6.29. The van der Waals surface area contributed by atoms with Gasteiger partial charge >= 0.3 is 0 Å². The van der Waals surface area contributed by atoms with E-state index >= 15 is 0 Å². The minimum Gasteiger partial charge on any atom is -0.378 e. The SMILES string of the molecule is CCCN(C1CCc2ccc(CC(C)(C)C(N)=O)cc2C1)C(C(=O)N1CCOCC1)C1CCNCC1. The van der Waals surface area contributed by atoms with Gasteiger partial charge in [-0.05, 0) is 87.2 Å². The number of fused-ring (bicyclic) bond motifs is 1. The van der Waals surface area contributed by atoms with Crippen molar-refractivity contribution in [3.63, 3.8) is 0 Å². The van der Waals surface area contributed by atoms with E-state index in [1.54, 1.807) is 0 Å². The molecule has 2 atom stereocenters. The van der Waals surface area contributed by atoms with Crippen LogP contribution in [0.15, 0.2) is 18.2 Å². The second-order valence-corrected chi connectivity index (χ2v) is 11.6. The van der Waals surface area contributed by atoms with Crippen LogP contribution < -0.4 is 11.1 Å². The second kappa shape index (κ2) is 12.1. The number of nitrogens with two attached hydrogens (primary N) is 1.